The van der Waals surface area contributed by atoms with Gasteiger partial charge < -0.3 is 14.0 Å². The lowest BCUT2D eigenvalue weighted by Crippen LogP contribution is -2.11. The lowest BCUT2D eigenvalue weighted by Gasteiger charge is -2.04. The first kappa shape index (κ1) is 12.0. The SMILES string of the molecule is COC(=O)c1c(C(=O)OC)c2n(c1C)CSC2. The van der Waals surface area contributed by atoms with Gasteiger partial charge in [-0.1, -0.05) is 0 Å². The highest BCUT2D eigenvalue weighted by Gasteiger charge is 2.32. The van der Waals surface area contributed by atoms with E-state index in [2.05, 4.69) is 0 Å². The minimum Gasteiger partial charge on any atom is -0.465 e. The van der Waals surface area contributed by atoms with Gasteiger partial charge in [-0.3, -0.25) is 0 Å². The lowest BCUT2D eigenvalue weighted by molar-refractivity contribution is 0.0555. The van der Waals surface area contributed by atoms with Gasteiger partial charge >= 0.3 is 11.9 Å². The van der Waals surface area contributed by atoms with Gasteiger partial charge in [-0.25, -0.2) is 9.59 Å². The normalized spacial score (nSPS) is 13.4. The Morgan fingerprint density at radius 3 is 2.35 bits per heavy atom. The molecule has 1 aromatic rings. The van der Waals surface area contributed by atoms with E-state index in [4.69, 9.17) is 9.47 Å². The first-order valence-corrected chi connectivity index (χ1v) is 6.23. The zero-order chi connectivity index (χ0) is 12.6. The van der Waals surface area contributed by atoms with Gasteiger partial charge in [-0.2, -0.15) is 0 Å². The number of hydrogen-bond acceptors (Lipinski definition) is 5. The number of thioether (sulfide) groups is 1. The molecular formula is C11H13NO4S. The van der Waals surface area contributed by atoms with Gasteiger partial charge in [0.1, 0.15) is 0 Å². The number of nitrogens with zero attached hydrogens (tertiary/aromatic N) is 1. The van der Waals surface area contributed by atoms with Gasteiger partial charge in [0.15, 0.2) is 0 Å². The van der Waals surface area contributed by atoms with Gasteiger partial charge in [0.25, 0.3) is 0 Å². The number of fused-ring (bicyclic) bond motifs is 1. The molecule has 0 aliphatic carbocycles. The maximum atomic E-state index is 11.8. The number of aromatic nitrogens is 1. The van der Waals surface area contributed by atoms with Crippen LogP contribution in [0.4, 0.5) is 0 Å². The van der Waals surface area contributed by atoms with Crippen molar-refractivity contribution in [3.8, 4) is 0 Å². The molecule has 17 heavy (non-hydrogen) atoms. The summed E-state index contributed by atoms with van der Waals surface area (Å²) in [7, 11) is 2.62. The summed E-state index contributed by atoms with van der Waals surface area (Å²) < 4.78 is 11.4. The summed E-state index contributed by atoms with van der Waals surface area (Å²) in [6, 6.07) is 0. The Kier molecular flexibility index (Phi) is 3.15. The molecule has 92 valence electrons. The van der Waals surface area contributed by atoms with Crippen LogP contribution in [0.15, 0.2) is 0 Å². The largest absolute Gasteiger partial charge is 0.465 e. The predicted molar refractivity (Wildman–Crippen MR) is 63.1 cm³/mol. The predicted octanol–water partition coefficient (Wildman–Crippen LogP) is 1.57. The second kappa shape index (κ2) is 4.44. The van der Waals surface area contributed by atoms with E-state index >= 15 is 0 Å². The Bertz CT molecular complexity index is 492. The van der Waals surface area contributed by atoms with E-state index in [1.807, 2.05) is 11.5 Å². The molecule has 0 saturated carbocycles. The van der Waals surface area contributed by atoms with Crippen LogP contribution in [0.2, 0.25) is 0 Å². The number of carbonyl (C=O) groups is 2. The van der Waals surface area contributed by atoms with E-state index in [1.54, 1.807) is 11.8 Å². The van der Waals surface area contributed by atoms with Crippen LogP contribution in [0, 0.1) is 6.92 Å². The highest BCUT2D eigenvalue weighted by molar-refractivity contribution is 7.97. The first-order chi connectivity index (χ1) is 8.11. The second-order valence-electron chi connectivity index (χ2n) is 3.67. The molecule has 0 spiro atoms. The summed E-state index contributed by atoms with van der Waals surface area (Å²) in [4.78, 5) is 23.5. The molecule has 2 heterocycles. The minimum absolute atomic E-state index is 0.328. The van der Waals surface area contributed by atoms with Crippen LogP contribution in [0.25, 0.3) is 0 Å². The molecule has 6 heteroatoms. The average Bonchev–Trinajstić information content (AvgIpc) is 2.90. The van der Waals surface area contributed by atoms with Crippen molar-refractivity contribution in [3.63, 3.8) is 0 Å². The van der Waals surface area contributed by atoms with Crippen LogP contribution in [0.3, 0.4) is 0 Å². The van der Waals surface area contributed by atoms with E-state index in [0.29, 0.717) is 16.9 Å². The molecule has 0 unspecified atom stereocenters. The molecule has 5 nitrogen and oxygen atoms in total. The fraction of sp³-hybridized carbons (Fsp3) is 0.455. The fourth-order valence-electron chi connectivity index (χ4n) is 2.03. The zero-order valence-electron chi connectivity index (χ0n) is 9.90. The molecule has 0 bridgehead atoms. The summed E-state index contributed by atoms with van der Waals surface area (Å²) in [5.41, 5.74) is 2.29. The molecule has 0 saturated heterocycles. The third kappa shape index (κ3) is 1.72. The Morgan fingerprint density at radius 1 is 1.18 bits per heavy atom. The Balaban J connectivity index is 2.65. The van der Waals surface area contributed by atoms with Crippen molar-refractivity contribution in [2.75, 3.05) is 14.2 Å². The summed E-state index contributed by atoms with van der Waals surface area (Å²) in [5.74, 6) is 0.490. The van der Waals surface area contributed by atoms with Gasteiger partial charge in [0.05, 0.1) is 31.2 Å². The quantitative estimate of drug-likeness (QED) is 0.751. The van der Waals surface area contributed by atoms with Gasteiger partial charge in [-0.05, 0) is 6.92 Å². The van der Waals surface area contributed by atoms with Crippen molar-refractivity contribution >= 4 is 23.7 Å². The van der Waals surface area contributed by atoms with Crippen LogP contribution in [0.1, 0.15) is 32.1 Å². The van der Waals surface area contributed by atoms with E-state index < -0.39 is 11.9 Å². The molecule has 2 rings (SSSR count). The molecule has 1 aliphatic rings. The van der Waals surface area contributed by atoms with E-state index in [-0.39, 0.29) is 0 Å². The molecule has 1 aliphatic heterocycles. The first-order valence-electron chi connectivity index (χ1n) is 5.08. The molecule has 0 atom stereocenters. The Labute approximate surface area is 103 Å². The zero-order valence-corrected chi connectivity index (χ0v) is 10.7. The highest BCUT2D eigenvalue weighted by Crippen LogP contribution is 2.34. The fourth-order valence-corrected chi connectivity index (χ4v) is 3.15. The van der Waals surface area contributed by atoms with Crippen LogP contribution < -0.4 is 0 Å². The number of hydrogen-bond donors (Lipinski definition) is 0. The van der Waals surface area contributed by atoms with E-state index in [1.165, 1.54) is 14.2 Å². The Morgan fingerprint density at radius 2 is 1.76 bits per heavy atom. The van der Waals surface area contributed by atoms with E-state index in [0.717, 1.165) is 17.3 Å². The van der Waals surface area contributed by atoms with Crippen LogP contribution >= 0.6 is 11.8 Å². The number of ether oxygens (including phenoxy) is 2. The summed E-state index contributed by atoms with van der Waals surface area (Å²) >= 11 is 1.70. The molecule has 0 radical (unpaired) electrons. The number of rotatable bonds is 2. The monoisotopic (exact) mass is 255 g/mol. The van der Waals surface area contributed by atoms with Crippen molar-refractivity contribution in [1.29, 1.82) is 0 Å². The number of methoxy groups -OCH3 is 2. The third-order valence-corrected chi connectivity index (χ3v) is 3.79. The average molecular weight is 255 g/mol. The maximum Gasteiger partial charge on any atom is 0.340 e. The van der Waals surface area contributed by atoms with Crippen LogP contribution in [-0.4, -0.2) is 30.7 Å². The third-order valence-electron chi connectivity index (χ3n) is 2.87. The highest BCUT2D eigenvalue weighted by atomic mass is 32.2. The molecule has 0 N–H and O–H groups in total. The molecular weight excluding hydrogens is 242 g/mol. The van der Waals surface area contributed by atoms with Crippen LogP contribution in [0.5, 0.6) is 0 Å². The summed E-state index contributed by atoms with van der Waals surface area (Å²) in [6.45, 7) is 1.81. The molecule has 0 fully saturated rings. The van der Waals surface area contributed by atoms with Crippen molar-refractivity contribution in [2.24, 2.45) is 0 Å². The number of carbonyl (C=O) groups excluding carboxylic acids is 2. The van der Waals surface area contributed by atoms with Crippen molar-refractivity contribution < 1.29 is 19.1 Å². The topological polar surface area (TPSA) is 57.5 Å². The second-order valence-corrected chi connectivity index (χ2v) is 4.63. The van der Waals surface area contributed by atoms with Gasteiger partial charge in [0.2, 0.25) is 0 Å². The van der Waals surface area contributed by atoms with Gasteiger partial charge in [-0.15, -0.1) is 11.8 Å². The smallest absolute Gasteiger partial charge is 0.340 e. The molecule has 1 aromatic heterocycles. The lowest BCUT2D eigenvalue weighted by atomic mass is 10.1. The standard InChI is InChI=1S/C11H13NO4S/c1-6-8(10(13)15-2)9(11(14)16-3)7-4-17-5-12(6)7/h4-5H2,1-3H3. The number of esters is 2. The van der Waals surface area contributed by atoms with Crippen molar-refractivity contribution in [2.45, 2.75) is 18.6 Å². The summed E-state index contributed by atoms with van der Waals surface area (Å²) in [5, 5.41) is 0. The van der Waals surface area contributed by atoms with Crippen LogP contribution in [-0.2, 0) is 21.1 Å². The van der Waals surface area contributed by atoms with Gasteiger partial charge in [0, 0.05) is 17.1 Å². The molecule has 0 aromatic carbocycles. The van der Waals surface area contributed by atoms with Crippen molar-refractivity contribution in [1.82, 2.24) is 4.57 Å². The minimum atomic E-state index is -0.491. The summed E-state index contributed by atoms with van der Waals surface area (Å²) in [6.07, 6.45) is 0. The maximum absolute atomic E-state index is 11.8. The Hall–Kier alpha value is -1.43. The molecule has 0 amide bonds. The van der Waals surface area contributed by atoms with E-state index in [9.17, 15) is 9.59 Å². The van der Waals surface area contributed by atoms with Crippen molar-refractivity contribution in [3.05, 3.63) is 22.5 Å².